The molecule has 1 atom stereocenters. The van der Waals surface area contributed by atoms with E-state index in [4.69, 9.17) is 4.74 Å². The van der Waals surface area contributed by atoms with Crippen LogP contribution >= 0.6 is 0 Å². The lowest BCUT2D eigenvalue weighted by Gasteiger charge is -2.16. The number of nitro groups is 1. The molecule has 3 rings (SSSR count). The predicted octanol–water partition coefficient (Wildman–Crippen LogP) is 2.52. The van der Waals surface area contributed by atoms with E-state index in [2.05, 4.69) is 5.32 Å². The van der Waals surface area contributed by atoms with E-state index in [1.54, 1.807) is 19.1 Å². The van der Waals surface area contributed by atoms with Crippen LogP contribution in [0.25, 0.3) is 10.9 Å². The lowest BCUT2D eigenvalue weighted by Crippen LogP contribution is -2.26. The van der Waals surface area contributed by atoms with E-state index in [-0.39, 0.29) is 11.8 Å². The van der Waals surface area contributed by atoms with Crippen LogP contribution in [0.1, 0.15) is 19.8 Å². The van der Waals surface area contributed by atoms with Crippen LogP contribution < -0.4 is 10.9 Å². The maximum absolute atomic E-state index is 12.5. The Bertz CT molecular complexity index is 794. The molecule has 0 amide bonds. The highest BCUT2D eigenvalue weighted by Gasteiger charge is 2.26. The minimum absolute atomic E-state index is 0.0296. The Kier molecular flexibility index (Phi) is 4.29. The first-order valence-electron chi connectivity index (χ1n) is 7.79. The molecule has 1 aliphatic heterocycles. The third-order valence-electron chi connectivity index (χ3n) is 4.18. The first-order chi connectivity index (χ1) is 11.1. The van der Waals surface area contributed by atoms with Crippen molar-refractivity contribution in [2.75, 3.05) is 18.5 Å². The number of fused-ring (bicyclic) bond motifs is 1. The van der Waals surface area contributed by atoms with Gasteiger partial charge in [-0.2, -0.15) is 0 Å². The molecule has 122 valence electrons. The standard InChI is InChI=1S/C16H19N3O4/c1-2-18-13-8-4-3-7-12(13)14(15(16(18)20)19(21)22)17-10-11-6-5-9-23-11/h3-4,7-8,11,17H,2,5-6,9-10H2,1H3/t11-/m1/s1. The van der Waals surface area contributed by atoms with Crippen molar-refractivity contribution >= 4 is 22.3 Å². The molecule has 1 aliphatic rings. The zero-order valence-electron chi connectivity index (χ0n) is 12.9. The third kappa shape index (κ3) is 2.79. The van der Waals surface area contributed by atoms with Gasteiger partial charge in [0, 0.05) is 25.1 Å². The Morgan fingerprint density at radius 1 is 1.43 bits per heavy atom. The fourth-order valence-electron chi connectivity index (χ4n) is 3.08. The first-order valence-corrected chi connectivity index (χ1v) is 7.79. The molecular weight excluding hydrogens is 298 g/mol. The second kappa shape index (κ2) is 6.37. The van der Waals surface area contributed by atoms with Crippen LogP contribution in [0.3, 0.4) is 0 Å². The van der Waals surface area contributed by atoms with Gasteiger partial charge < -0.3 is 14.6 Å². The summed E-state index contributed by atoms with van der Waals surface area (Å²) in [6.45, 7) is 3.36. The van der Waals surface area contributed by atoms with Crippen LogP contribution in [-0.2, 0) is 11.3 Å². The molecule has 2 heterocycles. The van der Waals surface area contributed by atoms with Gasteiger partial charge in [-0.15, -0.1) is 0 Å². The third-order valence-corrected chi connectivity index (χ3v) is 4.18. The normalized spacial score (nSPS) is 17.5. The van der Waals surface area contributed by atoms with Gasteiger partial charge in [0.2, 0.25) is 0 Å². The number of nitrogens with one attached hydrogen (secondary N) is 1. The molecule has 2 aromatic rings. The average molecular weight is 317 g/mol. The molecule has 1 saturated heterocycles. The summed E-state index contributed by atoms with van der Waals surface area (Å²) in [6.07, 6.45) is 1.94. The van der Waals surface area contributed by atoms with E-state index in [1.165, 1.54) is 4.57 Å². The van der Waals surface area contributed by atoms with Crippen molar-refractivity contribution in [1.82, 2.24) is 4.57 Å². The van der Waals surface area contributed by atoms with Crippen LogP contribution in [-0.4, -0.2) is 28.7 Å². The van der Waals surface area contributed by atoms with E-state index in [0.29, 0.717) is 30.6 Å². The first kappa shape index (κ1) is 15.5. The van der Waals surface area contributed by atoms with E-state index in [9.17, 15) is 14.9 Å². The summed E-state index contributed by atoms with van der Waals surface area (Å²) in [7, 11) is 0. The fourth-order valence-corrected chi connectivity index (χ4v) is 3.08. The van der Waals surface area contributed by atoms with Crippen molar-refractivity contribution in [2.45, 2.75) is 32.4 Å². The SMILES string of the molecule is CCn1c(=O)c([N+](=O)[O-])c(NC[C@H]2CCCO2)c2ccccc21. The Morgan fingerprint density at radius 2 is 2.22 bits per heavy atom. The summed E-state index contributed by atoms with van der Waals surface area (Å²) in [5.41, 5.74) is 0.00540. The van der Waals surface area contributed by atoms with Gasteiger partial charge in [-0.05, 0) is 25.8 Å². The minimum Gasteiger partial charge on any atom is -0.376 e. The maximum atomic E-state index is 12.5. The zero-order valence-corrected chi connectivity index (χ0v) is 12.9. The molecule has 0 aliphatic carbocycles. The number of aryl methyl sites for hydroxylation is 1. The smallest absolute Gasteiger partial charge is 0.357 e. The topological polar surface area (TPSA) is 86.4 Å². The number of ether oxygens (including phenoxy) is 1. The van der Waals surface area contributed by atoms with E-state index in [1.807, 2.05) is 12.1 Å². The molecule has 23 heavy (non-hydrogen) atoms. The fraction of sp³-hybridized carbons (Fsp3) is 0.438. The summed E-state index contributed by atoms with van der Waals surface area (Å²) in [4.78, 5) is 23.4. The number of nitrogens with zero attached hydrogens (tertiary/aromatic N) is 2. The van der Waals surface area contributed by atoms with Crippen molar-refractivity contribution in [3.8, 4) is 0 Å². The van der Waals surface area contributed by atoms with Gasteiger partial charge in [-0.25, -0.2) is 0 Å². The molecule has 1 aromatic heterocycles. The highest BCUT2D eigenvalue weighted by molar-refractivity contribution is 5.96. The van der Waals surface area contributed by atoms with E-state index in [0.717, 1.165) is 12.8 Å². The van der Waals surface area contributed by atoms with Crippen LogP contribution in [0.15, 0.2) is 29.1 Å². The largest absolute Gasteiger partial charge is 0.376 e. The van der Waals surface area contributed by atoms with Crippen molar-refractivity contribution in [3.63, 3.8) is 0 Å². The van der Waals surface area contributed by atoms with Gasteiger partial charge in [-0.1, -0.05) is 18.2 Å². The summed E-state index contributed by atoms with van der Waals surface area (Å²) in [5, 5.41) is 15.2. The Labute approximate surface area is 133 Å². The maximum Gasteiger partial charge on any atom is 0.357 e. The van der Waals surface area contributed by atoms with Gasteiger partial charge >= 0.3 is 11.2 Å². The summed E-state index contributed by atoms with van der Waals surface area (Å²) in [5.74, 6) is 0. The number of pyridine rings is 1. The van der Waals surface area contributed by atoms with Crippen molar-refractivity contribution in [1.29, 1.82) is 0 Å². The number of benzene rings is 1. The van der Waals surface area contributed by atoms with Crippen LogP contribution in [0.2, 0.25) is 0 Å². The van der Waals surface area contributed by atoms with Gasteiger partial charge in [0.05, 0.1) is 16.5 Å². The minimum atomic E-state index is -0.598. The van der Waals surface area contributed by atoms with Gasteiger partial charge in [0.15, 0.2) is 0 Å². The highest BCUT2D eigenvalue weighted by atomic mass is 16.6. The summed E-state index contributed by atoms with van der Waals surface area (Å²) in [6, 6.07) is 7.24. The number of anilines is 1. The Morgan fingerprint density at radius 3 is 2.87 bits per heavy atom. The molecule has 0 spiro atoms. The van der Waals surface area contributed by atoms with Gasteiger partial charge in [0.25, 0.3) is 0 Å². The highest BCUT2D eigenvalue weighted by Crippen LogP contribution is 2.30. The molecular formula is C16H19N3O4. The number of hydrogen-bond acceptors (Lipinski definition) is 5. The molecule has 7 heteroatoms. The lowest BCUT2D eigenvalue weighted by molar-refractivity contribution is -0.385. The van der Waals surface area contributed by atoms with Crippen LogP contribution in [0, 0.1) is 10.1 Å². The van der Waals surface area contributed by atoms with Gasteiger partial charge in [-0.3, -0.25) is 14.9 Å². The molecule has 0 bridgehead atoms. The second-order valence-electron chi connectivity index (χ2n) is 5.56. The molecule has 1 N–H and O–H groups in total. The number of hydrogen-bond donors (Lipinski definition) is 1. The van der Waals surface area contributed by atoms with Crippen molar-refractivity contribution in [2.24, 2.45) is 0 Å². The molecule has 0 saturated carbocycles. The van der Waals surface area contributed by atoms with Gasteiger partial charge in [0.1, 0.15) is 5.69 Å². The van der Waals surface area contributed by atoms with Crippen LogP contribution in [0.4, 0.5) is 11.4 Å². The molecule has 0 unspecified atom stereocenters. The van der Waals surface area contributed by atoms with E-state index < -0.39 is 16.2 Å². The van der Waals surface area contributed by atoms with E-state index >= 15 is 0 Å². The summed E-state index contributed by atoms with van der Waals surface area (Å²) >= 11 is 0. The lowest BCUT2D eigenvalue weighted by atomic mass is 10.1. The molecule has 1 fully saturated rings. The molecule has 0 radical (unpaired) electrons. The monoisotopic (exact) mass is 317 g/mol. The molecule has 7 nitrogen and oxygen atoms in total. The second-order valence-corrected chi connectivity index (χ2v) is 5.56. The zero-order chi connectivity index (χ0) is 16.4. The Balaban J connectivity index is 2.14. The molecule has 1 aromatic carbocycles. The van der Waals surface area contributed by atoms with Crippen LogP contribution in [0.5, 0.6) is 0 Å². The number of aromatic nitrogens is 1. The quantitative estimate of drug-likeness (QED) is 0.676. The van der Waals surface area contributed by atoms with Crippen molar-refractivity contribution in [3.05, 3.63) is 44.7 Å². The Hall–Kier alpha value is -2.41. The number of rotatable bonds is 5. The van der Waals surface area contributed by atoms with Crippen molar-refractivity contribution < 1.29 is 9.66 Å². The summed E-state index contributed by atoms with van der Waals surface area (Å²) < 4.78 is 6.98. The number of para-hydroxylation sites is 1. The average Bonchev–Trinajstić information content (AvgIpc) is 3.05. The predicted molar refractivity (Wildman–Crippen MR) is 88.0 cm³/mol.